The second-order valence-corrected chi connectivity index (χ2v) is 5.57. The minimum Gasteiger partial charge on any atom is -0.303 e. The second-order valence-electron chi connectivity index (χ2n) is 5.57. The highest BCUT2D eigenvalue weighted by atomic mass is 15.2. The fourth-order valence-electron chi connectivity index (χ4n) is 3.16. The Morgan fingerprint density at radius 3 is 2.00 bits per heavy atom. The molecule has 0 aromatic heterocycles. The van der Waals surface area contributed by atoms with E-state index in [1.54, 1.807) is 0 Å². The van der Waals surface area contributed by atoms with Gasteiger partial charge in [0, 0.05) is 13.1 Å². The lowest BCUT2D eigenvalue weighted by atomic mass is 9.87. The first kappa shape index (κ1) is 8.55. The van der Waals surface area contributed by atoms with Gasteiger partial charge >= 0.3 is 0 Å². The van der Waals surface area contributed by atoms with Crippen molar-refractivity contribution >= 4 is 0 Å². The van der Waals surface area contributed by atoms with Crippen molar-refractivity contribution in [1.29, 1.82) is 0 Å². The van der Waals surface area contributed by atoms with Gasteiger partial charge in [-0.2, -0.15) is 0 Å². The predicted octanol–water partition coefficient (Wildman–Crippen LogP) is 2.23. The highest BCUT2D eigenvalue weighted by molar-refractivity contribution is 5.08. The summed E-state index contributed by atoms with van der Waals surface area (Å²) in [5, 5.41) is 0. The molecule has 1 nitrogen and oxygen atoms in total. The second kappa shape index (κ2) is 2.47. The van der Waals surface area contributed by atoms with Crippen LogP contribution in [0.4, 0.5) is 0 Å². The van der Waals surface area contributed by atoms with Crippen LogP contribution in [0, 0.1) is 23.2 Å². The predicted molar refractivity (Wildman–Crippen MR) is 52.0 cm³/mol. The largest absolute Gasteiger partial charge is 0.303 e. The first-order valence-electron chi connectivity index (χ1n) is 5.26. The summed E-state index contributed by atoms with van der Waals surface area (Å²) in [6.45, 7) is 13.5. The monoisotopic (exact) mass is 167 g/mol. The van der Waals surface area contributed by atoms with Crippen molar-refractivity contribution in [2.45, 2.75) is 27.7 Å². The van der Waals surface area contributed by atoms with Gasteiger partial charge in [-0.3, -0.25) is 0 Å². The van der Waals surface area contributed by atoms with Crippen molar-refractivity contribution in [3.05, 3.63) is 0 Å². The van der Waals surface area contributed by atoms with Crippen LogP contribution in [-0.4, -0.2) is 24.5 Å². The van der Waals surface area contributed by atoms with Gasteiger partial charge < -0.3 is 4.90 Å². The maximum absolute atomic E-state index is 2.59. The van der Waals surface area contributed by atoms with Gasteiger partial charge in [0.25, 0.3) is 0 Å². The van der Waals surface area contributed by atoms with Crippen molar-refractivity contribution < 1.29 is 0 Å². The molecule has 0 N–H and O–H groups in total. The molecule has 0 aromatic rings. The van der Waals surface area contributed by atoms with Crippen molar-refractivity contribution in [3.8, 4) is 0 Å². The Morgan fingerprint density at radius 2 is 1.67 bits per heavy atom. The van der Waals surface area contributed by atoms with E-state index >= 15 is 0 Å². The van der Waals surface area contributed by atoms with Gasteiger partial charge in [0.05, 0.1) is 0 Å². The Bertz CT molecular complexity index is 168. The molecule has 2 rings (SSSR count). The third kappa shape index (κ3) is 1.19. The topological polar surface area (TPSA) is 3.24 Å². The van der Waals surface area contributed by atoms with Crippen LogP contribution in [0.1, 0.15) is 27.7 Å². The van der Waals surface area contributed by atoms with E-state index in [9.17, 15) is 0 Å². The maximum Gasteiger partial charge on any atom is 0.00159 e. The quantitative estimate of drug-likeness (QED) is 0.579. The Balaban J connectivity index is 1.91. The van der Waals surface area contributed by atoms with Crippen molar-refractivity contribution in [2.24, 2.45) is 23.2 Å². The molecule has 1 aliphatic carbocycles. The minimum absolute atomic E-state index is 0.565. The Hall–Kier alpha value is -0.0400. The number of likely N-dealkylation sites (tertiary alicyclic amines) is 1. The van der Waals surface area contributed by atoms with Crippen LogP contribution < -0.4 is 0 Å². The highest BCUT2D eigenvalue weighted by Gasteiger charge is 2.59. The Kier molecular flexibility index (Phi) is 1.76. The molecule has 1 heteroatoms. The lowest BCUT2D eigenvalue weighted by Crippen LogP contribution is -2.27. The van der Waals surface area contributed by atoms with Crippen LogP contribution in [0.15, 0.2) is 0 Å². The zero-order valence-electron chi connectivity index (χ0n) is 8.80. The molecule has 0 radical (unpaired) electrons. The summed E-state index contributed by atoms with van der Waals surface area (Å²) in [6.07, 6.45) is 0. The van der Waals surface area contributed by atoms with Gasteiger partial charge in [-0.15, -0.1) is 0 Å². The Labute approximate surface area is 76.1 Å². The van der Waals surface area contributed by atoms with E-state index in [0.717, 1.165) is 17.8 Å². The number of hydrogen-bond donors (Lipinski definition) is 0. The molecule has 2 atom stereocenters. The van der Waals surface area contributed by atoms with Crippen LogP contribution in [0.25, 0.3) is 0 Å². The van der Waals surface area contributed by atoms with Crippen molar-refractivity contribution in [1.82, 2.24) is 4.90 Å². The molecular weight excluding hydrogens is 146 g/mol. The van der Waals surface area contributed by atoms with Crippen LogP contribution in [0.3, 0.4) is 0 Å². The summed E-state index contributed by atoms with van der Waals surface area (Å²) in [5.41, 5.74) is 0.565. The van der Waals surface area contributed by atoms with Gasteiger partial charge in [0.1, 0.15) is 0 Å². The molecule has 1 saturated carbocycles. The van der Waals surface area contributed by atoms with Crippen LogP contribution in [-0.2, 0) is 0 Å². The zero-order valence-corrected chi connectivity index (χ0v) is 8.80. The molecule has 2 aliphatic rings. The molecule has 1 aliphatic heterocycles. The van der Waals surface area contributed by atoms with Gasteiger partial charge in [-0.1, -0.05) is 27.7 Å². The lowest BCUT2D eigenvalue weighted by molar-refractivity contribution is 0.232. The molecule has 70 valence electrons. The average Bonchev–Trinajstić information content (AvgIpc) is 2.49. The standard InChI is InChI=1S/C11H21N/c1-5-12-6-8-9(7-12)10(8)11(2,3)4/h8-10H,5-7H2,1-4H3. The number of fused-ring (bicyclic) bond motifs is 1. The maximum atomic E-state index is 2.59. The Morgan fingerprint density at radius 1 is 1.17 bits per heavy atom. The van der Waals surface area contributed by atoms with E-state index in [1.165, 1.54) is 19.6 Å². The average molecular weight is 167 g/mol. The highest BCUT2D eigenvalue weighted by Crippen LogP contribution is 2.59. The van der Waals surface area contributed by atoms with E-state index in [-0.39, 0.29) is 0 Å². The van der Waals surface area contributed by atoms with E-state index in [4.69, 9.17) is 0 Å². The fraction of sp³-hybridized carbons (Fsp3) is 1.00. The van der Waals surface area contributed by atoms with Crippen LogP contribution >= 0.6 is 0 Å². The molecule has 0 aromatic carbocycles. The van der Waals surface area contributed by atoms with E-state index in [0.29, 0.717) is 5.41 Å². The fourth-order valence-corrected chi connectivity index (χ4v) is 3.16. The first-order valence-corrected chi connectivity index (χ1v) is 5.26. The van der Waals surface area contributed by atoms with Crippen LogP contribution in [0.5, 0.6) is 0 Å². The zero-order chi connectivity index (χ0) is 8.93. The molecule has 1 saturated heterocycles. The number of piperidine rings is 1. The number of rotatable bonds is 1. The number of nitrogens with zero attached hydrogens (tertiary/aromatic N) is 1. The summed E-state index contributed by atoms with van der Waals surface area (Å²) < 4.78 is 0. The summed E-state index contributed by atoms with van der Waals surface area (Å²) in [4.78, 5) is 2.59. The molecule has 2 fully saturated rings. The molecule has 0 amide bonds. The minimum atomic E-state index is 0.565. The molecule has 0 spiro atoms. The normalized spacial score (nSPS) is 41.5. The SMILES string of the molecule is CCN1CC2C(C1)C2C(C)(C)C. The molecule has 12 heavy (non-hydrogen) atoms. The van der Waals surface area contributed by atoms with Gasteiger partial charge in [0.15, 0.2) is 0 Å². The van der Waals surface area contributed by atoms with E-state index in [1.807, 2.05) is 0 Å². The molecular formula is C11H21N. The molecule has 0 bridgehead atoms. The summed E-state index contributed by atoms with van der Waals surface area (Å²) in [5.74, 6) is 3.12. The lowest BCUT2D eigenvalue weighted by Gasteiger charge is -2.24. The number of hydrogen-bond acceptors (Lipinski definition) is 1. The van der Waals surface area contributed by atoms with E-state index in [2.05, 4.69) is 32.6 Å². The molecule has 1 heterocycles. The smallest absolute Gasteiger partial charge is 0.00159 e. The van der Waals surface area contributed by atoms with Crippen LogP contribution in [0.2, 0.25) is 0 Å². The third-order valence-electron chi connectivity index (χ3n) is 3.72. The van der Waals surface area contributed by atoms with E-state index < -0.39 is 0 Å². The van der Waals surface area contributed by atoms with Gasteiger partial charge in [-0.25, -0.2) is 0 Å². The van der Waals surface area contributed by atoms with Crippen molar-refractivity contribution in [2.75, 3.05) is 19.6 Å². The molecule has 2 unspecified atom stereocenters. The summed E-state index contributed by atoms with van der Waals surface area (Å²) >= 11 is 0. The van der Waals surface area contributed by atoms with Gasteiger partial charge in [-0.05, 0) is 29.7 Å². The first-order chi connectivity index (χ1) is 5.54. The summed E-state index contributed by atoms with van der Waals surface area (Å²) in [6, 6.07) is 0. The third-order valence-corrected chi connectivity index (χ3v) is 3.72. The van der Waals surface area contributed by atoms with Crippen molar-refractivity contribution in [3.63, 3.8) is 0 Å². The summed E-state index contributed by atoms with van der Waals surface area (Å²) in [7, 11) is 0. The van der Waals surface area contributed by atoms with Gasteiger partial charge in [0.2, 0.25) is 0 Å².